The molecule has 7 nitrogen and oxygen atoms in total. The number of ether oxygens (including phenoxy) is 2. The van der Waals surface area contributed by atoms with Gasteiger partial charge in [-0.3, -0.25) is 0 Å². The second-order valence-corrected chi connectivity index (χ2v) is 6.22. The number of benzene rings is 1. The van der Waals surface area contributed by atoms with Crippen LogP contribution in [0.25, 0.3) is 11.2 Å². The largest absolute Gasteiger partial charge is 0.573 e. The molecule has 27 heavy (non-hydrogen) atoms. The van der Waals surface area contributed by atoms with Gasteiger partial charge in [0.1, 0.15) is 5.75 Å². The van der Waals surface area contributed by atoms with Crippen molar-refractivity contribution < 1.29 is 22.6 Å². The second-order valence-electron chi connectivity index (χ2n) is 5.88. The highest BCUT2D eigenvalue weighted by Crippen LogP contribution is 2.30. The molecule has 2 aromatic heterocycles. The summed E-state index contributed by atoms with van der Waals surface area (Å²) in [7, 11) is 0. The Morgan fingerprint density at radius 1 is 1.22 bits per heavy atom. The molecule has 0 aliphatic carbocycles. The number of imidazole rings is 1. The van der Waals surface area contributed by atoms with Gasteiger partial charge in [0.05, 0.1) is 19.0 Å². The van der Waals surface area contributed by atoms with E-state index in [0.29, 0.717) is 35.9 Å². The fraction of sp³-hybridized carbons (Fsp3) is 0.312. The number of hydrogen-bond acceptors (Lipinski definition) is 6. The third-order valence-corrected chi connectivity index (χ3v) is 4.21. The zero-order valence-corrected chi connectivity index (χ0v) is 14.5. The van der Waals surface area contributed by atoms with Gasteiger partial charge in [-0.2, -0.15) is 9.97 Å². The van der Waals surface area contributed by atoms with Crippen molar-refractivity contribution >= 4 is 34.3 Å². The fourth-order valence-corrected chi connectivity index (χ4v) is 3.03. The van der Waals surface area contributed by atoms with Crippen LogP contribution in [0.1, 0.15) is 12.5 Å². The minimum atomic E-state index is -4.74. The van der Waals surface area contributed by atoms with Crippen LogP contribution in [0.4, 0.5) is 24.7 Å². The average Bonchev–Trinajstić information content (AvgIpc) is 3.24. The Bertz CT molecular complexity index is 955. The van der Waals surface area contributed by atoms with Crippen LogP contribution in [-0.4, -0.2) is 39.1 Å². The highest BCUT2D eigenvalue weighted by atomic mass is 35.5. The van der Waals surface area contributed by atoms with Crippen molar-refractivity contribution in [3.05, 3.63) is 35.9 Å². The Kier molecular flexibility index (Phi) is 4.52. The molecule has 1 N–H and O–H groups in total. The summed E-state index contributed by atoms with van der Waals surface area (Å²) in [5, 5.41) is 3.03. The monoisotopic (exact) mass is 399 g/mol. The van der Waals surface area contributed by atoms with Crippen molar-refractivity contribution in [3.63, 3.8) is 0 Å². The molecule has 1 saturated heterocycles. The lowest BCUT2D eigenvalue weighted by atomic mass is 10.2. The van der Waals surface area contributed by atoms with Crippen molar-refractivity contribution in [2.24, 2.45) is 0 Å². The topological polar surface area (TPSA) is 74.1 Å². The molecule has 11 heteroatoms. The van der Waals surface area contributed by atoms with Crippen molar-refractivity contribution in [2.75, 3.05) is 18.5 Å². The number of alkyl halides is 3. The quantitative estimate of drug-likeness (QED) is 0.666. The minimum absolute atomic E-state index is 0.0303. The van der Waals surface area contributed by atoms with Crippen LogP contribution in [0.5, 0.6) is 5.75 Å². The summed E-state index contributed by atoms with van der Waals surface area (Å²) in [6.45, 7) is 1.23. The molecule has 3 aromatic rings. The summed E-state index contributed by atoms with van der Waals surface area (Å²) in [6.07, 6.45) is -2.24. The Labute approximate surface area is 156 Å². The van der Waals surface area contributed by atoms with Crippen molar-refractivity contribution in [1.82, 2.24) is 19.5 Å². The van der Waals surface area contributed by atoms with E-state index in [1.807, 2.05) is 4.57 Å². The molecule has 1 aromatic carbocycles. The molecule has 1 atom stereocenters. The van der Waals surface area contributed by atoms with Crippen LogP contribution in [0.15, 0.2) is 30.6 Å². The lowest BCUT2D eigenvalue weighted by molar-refractivity contribution is -0.274. The molecule has 1 aliphatic rings. The molecule has 3 heterocycles. The standard InChI is InChI=1S/C16H13ClF3N5O2/c17-15-23-13(22-9-1-3-11(4-2-9)27-16(18,19)20)12-14(24-15)25(8-21-12)10-5-6-26-7-10/h1-4,8,10H,5-7H2,(H,22,23,24). The van der Waals surface area contributed by atoms with Crippen LogP contribution in [0.2, 0.25) is 5.28 Å². The smallest absolute Gasteiger partial charge is 0.406 e. The first-order valence-corrected chi connectivity index (χ1v) is 8.37. The van der Waals surface area contributed by atoms with E-state index in [9.17, 15) is 13.2 Å². The summed E-state index contributed by atoms with van der Waals surface area (Å²) in [6, 6.07) is 5.39. The Balaban J connectivity index is 1.62. The Morgan fingerprint density at radius 2 is 2.00 bits per heavy atom. The normalized spacial score (nSPS) is 17.4. The fourth-order valence-electron chi connectivity index (χ4n) is 2.86. The molecule has 0 spiro atoms. The summed E-state index contributed by atoms with van der Waals surface area (Å²) in [5.41, 5.74) is 1.56. The van der Waals surface area contributed by atoms with Gasteiger partial charge in [-0.1, -0.05) is 0 Å². The van der Waals surface area contributed by atoms with E-state index in [-0.39, 0.29) is 17.1 Å². The maximum atomic E-state index is 12.2. The Morgan fingerprint density at radius 3 is 2.67 bits per heavy atom. The number of aromatic nitrogens is 4. The van der Waals surface area contributed by atoms with Gasteiger partial charge in [0, 0.05) is 12.3 Å². The van der Waals surface area contributed by atoms with E-state index in [1.54, 1.807) is 6.33 Å². The molecular formula is C16H13ClF3N5O2. The first-order valence-electron chi connectivity index (χ1n) is 8.00. The van der Waals surface area contributed by atoms with Crippen molar-refractivity contribution in [3.8, 4) is 5.75 Å². The van der Waals surface area contributed by atoms with Gasteiger partial charge in [-0.25, -0.2) is 4.98 Å². The lowest BCUT2D eigenvalue weighted by Crippen LogP contribution is -2.16. The van der Waals surface area contributed by atoms with Crippen molar-refractivity contribution in [1.29, 1.82) is 0 Å². The summed E-state index contributed by atoms with van der Waals surface area (Å²) >= 11 is 6.04. The first-order chi connectivity index (χ1) is 12.9. The van der Waals surface area contributed by atoms with E-state index in [1.165, 1.54) is 24.3 Å². The minimum Gasteiger partial charge on any atom is -0.406 e. The number of nitrogens with one attached hydrogen (secondary N) is 1. The SMILES string of the molecule is FC(F)(F)Oc1ccc(Nc2nc(Cl)nc3c2ncn3C2CCOC2)cc1. The maximum absolute atomic E-state index is 12.2. The van der Waals surface area contributed by atoms with E-state index in [0.717, 1.165) is 6.42 Å². The van der Waals surface area contributed by atoms with E-state index < -0.39 is 6.36 Å². The predicted octanol–water partition coefficient (Wildman–Crippen LogP) is 4.08. The van der Waals surface area contributed by atoms with Crippen LogP contribution in [0.3, 0.4) is 0 Å². The third-order valence-electron chi connectivity index (χ3n) is 4.04. The number of nitrogens with zero attached hydrogens (tertiary/aromatic N) is 4. The third kappa shape index (κ3) is 3.91. The zero-order chi connectivity index (χ0) is 19.0. The van der Waals surface area contributed by atoms with E-state index in [4.69, 9.17) is 16.3 Å². The lowest BCUT2D eigenvalue weighted by Gasteiger charge is -2.12. The van der Waals surface area contributed by atoms with E-state index >= 15 is 0 Å². The highest BCUT2D eigenvalue weighted by Gasteiger charge is 2.31. The average molecular weight is 400 g/mol. The van der Waals surface area contributed by atoms with Gasteiger partial charge in [0.25, 0.3) is 0 Å². The number of anilines is 2. The van der Waals surface area contributed by atoms with Crippen LogP contribution < -0.4 is 10.1 Å². The van der Waals surface area contributed by atoms with Gasteiger partial charge >= 0.3 is 6.36 Å². The van der Waals surface area contributed by atoms with Gasteiger partial charge in [-0.05, 0) is 42.3 Å². The number of rotatable bonds is 4. The molecular weight excluding hydrogens is 387 g/mol. The number of hydrogen-bond donors (Lipinski definition) is 1. The zero-order valence-electron chi connectivity index (χ0n) is 13.7. The second kappa shape index (κ2) is 6.86. The van der Waals surface area contributed by atoms with Crippen LogP contribution >= 0.6 is 11.6 Å². The molecule has 0 radical (unpaired) electrons. The van der Waals surface area contributed by atoms with Crippen molar-refractivity contribution in [2.45, 2.75) is 18.8 Å². The summed E-state index contributed by atoms with van der Waals surface area (Å²) in [4.78, 5) is 12.7. The first kappa shape index (κ1) is 17.8. The highest BCUT2D eigenvalue weighted by molar-refractivity contribution is 6.28. The van der Waals surface area contributed by atoms with Gasteiger partial charge in [-0.15, -0.1) is 13.2 Å². The molecule has 4 rings (SSSR count). The molecule has 0 bridgehead atoms. The van der Waals surface area contributed by atoms with Gasteiger partial charge < -0.3 is 19.4 Å². The van der Waals surface area contributed by atoms with Gasteiger partial charge in [0.2, 0.25) is 5.28 Å². The molecule has 1 aliphatic heterocycles. The number of fused-ring (bicyclic) bond motifs is 1. The molecule has 1 unspecified atom stereocenters. The molecule has 142 valence electrons. The maximum Gasteiger partial charge on any atom is 0.573 e. The molecule has 0 saturated carbocycles. The van der Waals surface area contributed by atoms with Crippen LogP contribution in [0, 0.1) is 0 Å². The molecule has 0 amide bonds. The summed E-state index contributed by atoms with van der Waals surface area (Å²) in [5.74, 6) is 0.0385. The number of halogens is 4. The Hall–Kier alpha value is -2.59. The van der Waals surface area contributed by atoms with E-state index in [2.05, 4.69) is 25.0 Å². The van der Waals surface area contributed by atoms with Gasteiger partial charge in [0.15, 0.2) is 17.0 Å². The summed E-state index contributed by atoms with van der Waals surface area (Å²) < 4.78 is 47.9. The van der Waals surface area contributed by atoms with Crippen LogP contribution in [-0.2, 0) is 4.74 Å². The predicted molar refractivity (Wildman–Crippen MR) is 91.2 cm³/mol. The molecule has 1 fully saturated rings.